The number of aliphatic hydroxyl groups is 2. The van der Waals surface area contributed by atoms with Crippen LogP contribution in [0.3, 0.4) is 0 Å². The Labute approximate surface area is 85.4 Å². The zero-order chi connectivity index (χ0) is 10.2. The molecule has 2 bridgehead atoms. The molecule has 2 atom stereocenters. The monoisotopic (exact) mass is 200 g/mol. The topological polar surface area (TPSA) is 49.7 Å². The fourth-order valence-electron chi connectivity index (χ4n) is 1.95. The van der Waals surface area contributed by atoms with E-state index in [1.54, 1.807) is 0 Å². The molecule has 2 aliphatic carbocycles. The van der Waals surface area contributed by atoms with Crippen LogP contribution in [0.15, 0.2) is 12.2 Å². The molecule has 0 saturated heterocycles. The largest absolute Gasteiger partial charge is 0.394 e. The van der Waals surface area contributed by atoms with E-state index in [1.807, 2.05) is 0 Å². The number of aliphatic hydroxyl groups excluding tert-OH is 2. The van der Waals surface area contributed by atoms with Crippen molar-refractivity contribution in [1.29, 1.82) is 0 Å². The summed E-state index contributed by atoms with van der Waals surface area (Å²) in [5, 5.41) is 16.2. The molecule has 1 fully saturated rings. The van der Waals surface area contributed by atoms with Crippen molar-refractivity contribution in [3.8, 4) is 0 Å². The van der Waals surface area contributed by atoms with E-state index in [9.17, 15) is 0 Å². The lowest BCUT2D eigenvalue weighted by molar-refractivity contribution is 0.0650. The Bertz CT molecular complexity index is 152. The highest BCUT2D eigenvalue weighted by Crippen LogP contribution is 2.38. The van der Waals surface area contributed by atoms with E-state index in [0.717, 1.165) is 11.8 Å². The second kappa shape index (κ2) is 6.98. The van der Waals surface area contributed by atoms with Crippen LogP contribution in [-0.2, 0) is 4.74 Å². The summed E-state index contributed by atoms with van der Waals surface area (Å²) >= 11 is 0. The van der Waals surface area contributed by atoms with Gasteiger partial charge in [-0.25, -0.2) is 0 Å². The van der Waals surface area contributed by atoms with Gasteiger partial charge in [-0.05, 0) is 31.1 Å². The fraction of sp³-hybridized carbons (Fsp3) is 0.818. The lowest BCUT2D eigenvalue weighted by atomic mass is 10.1. The molecular weight excluding hydrogens is 180 g/mol. The minimum atomic E-state index is 0.0278. The number of rotatable bonds is 4. The molecule has 0 aromatic rings. The van der Waals surface area contributed by atoms with Gasteiger partial charge in [0.15, 0.2) is 0 Å². The van der Waals surface area contributed by atoms with Gasteiger partial charge >= 0.3 is 0 Å². The zero-order valence-electron chi connectivity index (χ0n) is 8.56. The van der Waals surface area contributed by atoms with Gasteiger partial charge in [0.05, 0.1) is 26.4 Å². The number of ether oxygens (including phenoxy) is 1. The van der Waals surface area contributed by atoms with Gasteiger partial charge in [-0.15, -0.1) is 0 Å². The molecule has 3 heteroatoms. The van der Waals surface area contributed by atoms with Gasteiger partial charge in [0.2, 0.25) is 0 Å². The van der Waals surface area contributed by atoms with Gasteiger partial charge in [-0.1, -0.05) is 12.2 Å². The maximum atomic E-state index is 8.09. The van der Waals surface area contributed by atoms with Crippen molar-refractivity contribution in [2.45, 2.75) is 19.3 Å². The first-order valence-electron chi connectivity index (χ1n) is 5.34. The quantitative estimate of drug-likeness (QED) is 0.525. The average Bonchev–Trinajstić information content (AvgIpc) is 2.83. The average molecular weight is 200 g/mol. The second-order valence-corrected chi connectivity index (χ2v) is 3.78. The van der Waals surface area contributed by atoms with Crippen LogP contribution < -0.4 is 0 Å². The predicted octanol–water partition coefficient (Wildman–Crippen LogP) is 0.960. The molecule has 14 heavy (non-hydrogen) atoms. The van der Waals surface area contributed by atoms with Gasteiger partial charge in [0, 0.05) is 0 Å². The third kappa shape index (κ3) is 4.22. The summed E-state index contributed by atoms with van der Waals surface area (Å²) in [6.45, 7) is 0.696. The molecule has 0 aromatic carbocycles. The van der Waals surface area contributed by atoms with Crippen molar-refractivity contribution < 1.29 is 14.9 Å². The number of hydrogen-bond acceptors (Lipinski definition) is 3. The summed E-state index contributed by atoms with van der Waals surface area (Å²) < 4.78 is 4.63. The Kier molecular flexibility index (Phi) is 5.83. The first-order chi connectivity index (χ1) is 6.86. The third-order valence-electron chi connectivity index (χ3n) is 2.64. The van der Waals surface area contributed by atoms with Crippen LogP contribution in [0.1, 0.15) is 19.3 Å². The van der Waals surface area contributed by atoms with Crippen LogP contribution in [0.5, 0.6) is 0 Å². The summed E-state index contributed by atoms with van der Waals surface area (Å²) in [6, 6.07) is 0. The second-order valence-electron chi connectivity index (χ2n) is 3.78. The molecule has 0 aromatic heterocycles. The Morgan fingerprint density at radius 1 is 1.00 bits per heavy atom. The van der Waals surface area contributed by atoms with Gasteiger partial charge in [-0.2, -0.15) is 0 Å². The van der Waals surface area contributed by atoms with Crippen LogP contribution in [0.2, 0.25) is 0 Å². The molecule has 2 rings (SSSR count). The molecule has 2 N–H and O–H groups in total. The van der Waals surface area contributed by atoms with Gasteiger partial charge in [-0.3, -0.25) is 0 Å². The highest BCUT2D eigenvalue weighted by Gasteiger charge is 2.25. The molecule has 82 valence electrons. The highest BCUT2D eigenvalue weighted by atomic mass is 16.5. The van der Waals surface area contributed by atoms with Crippen LogP contribution >= 0.6 is 0 Å². The molecule has 2 unspecified atom stereocenters. The maximum absolute atomic E-state index is 8.09. The summed E-state index contributed by atoms with van der Waals surface area (Å²) in [5.41, 5.74) is 0. The molecule has 2 aliphatic rings. The van der Waals surface area contributed by atoms with Gasteiger partial charge in [0.25, 0.3) is 0 Å². The van der Waals surface area contributed by atoms with Gasteiger partial charge in [0.1, 0.15) is 0 Å². The van der Waals surface area contributed by atoms with Crippen molar-refractivity contribution in [2.75, 3.05) is 26.4 Å². The molecule has 0 amide bonds. The normalized spacial score (nSPS) is 27.6. The van der Waals surface area contributed by atoms with Crippen LogP contribution in [0, 0.1) is 11.8 Å². The Balaban J connectivity index is 0.000000140. The summed E-state index contributed by atoms with van der Waals surface area (Å²) in [4.78, 5) is 0. The highest BCUT2D eigenvalue weighted by molar-refractivity contribution is 5.06. The summed E-state index contributed by atoms with van der Waals surface area (Å²) in [5.74, 6) is 1.98. The smallest absolute Gasteiger partial charge is 0.0698 e. The Morgan fingerprint density at radius 3 is 1.71 bits per heavy atom. The van der Waals surface area contributed by atoms with Crippen molar-refractivity contribution in [1.82, 2.24) is 0 Å². The number of hydrogen-bond donors (Lipinski definition) is 2. The minimum Gasteiger partial charge on any atom is -0.394 e. The molecule has 3 nitrogen and oxygen atoms in total. The fourth-order valence-corrected chi connectivity index (χ4v) is 1.95. The van der Waals surface area contributed by atoms with Crippen LogP contribution in [0.4, 0.5) is 0 Å². The van der Waals surface area contributed by atoms with Gasteiger partial charge < -0.3 is 14.9 Å². The number of allylic oxidation sites excluding steroid dienone is 2. The first kappa shape index (κ1) is 11.7. The lowest BCUT2D eigenvalue weighted by Gasteiger charge is -1.96. The molecule has 0 spiro atoms. The van der Waals surface area contributed by atoms with Crippen molar-refractivity contribution in [3.05, 3.63) is 12.2 Å². The molecule has 0 radical (unpaired) electrons. The predicted molar refractivity (Wildman–Crippen MR) is 55.0 cm³/mol. The molecule has 0 aliphatic heterocycles. The van der Waals surface area contributed by atoms with Crippen molar-refractivity contribution >= 4 is 0 Å². The van der Waals surface area contributed by atoms with E-state index >= 15 is 0 Å². The van der Waals surface area contributed by atoms with Crippen molar-refractivity contribution in [3.63, 3.8) is 0 Å². The third-order valence-corrected chi connectivity index (χ3v) is 2.64. The molecule has 1 saturated carbocycles. The number of fused-ring (bicyclic) bond motifs is 2. The van der Waals surface area contributed by atoms with Crippen molar-refractivity contribution in [2.24, 2.45) is 11.8 Å². The Morgan fingerprint density at radius 2 is 1.50 bits per heavy atom. The van der Waals surface area contributed by atoms with E-state index in [-0.39, 0.29) is 13.2 Å². The molecule has 0 heterocycles. The standard InChI is InChI=1S/C7H10.C4H10O3/c1-2-7-4-3-6(1)5-7;5-1-3-7-4-2-6/h1-2,6-7H,3-5H2;5-6H,1-4H2. The molecular formula is C11H20O3. The first-order valence-corrected chi connectivity index (χ1v) is 5.34. The maximum Gasteiger partial charge on any atom is 0.0698 e. The van der Waals surface area contributed by atoms with E-state index in [2.05, 4.69) is 16.9 Å². The van der Waals surface area contributed by atoms with E-state index < -0.39 is 0 Å². The van der Waals surface area contributed by atoms with E-state index in [4.69, 9.17) is 10.2 Å². The van der Waals surface area contributed by atoms with Crippen LogP contribution in [-0.4, -0.2) is 36.6 Å². The zero-order valence-corrected chi connectivity index (χ0v) is 8.56. The summed E-state index contributed by atoms with van der Waals surface area (Å²) in [7, 11) is 0. The minimum absolute atomic E-state index is 0.0278. The summed E-state index contributed by atoms with van der Waals surface area (Å²) in [6.07, 6.45) is 9.19. The van der Waals surface area contributed by atoms with E-state index in [1.165, 1.54) is 19.3 Å². The SMILES string of the molecule is C1=CC2CCC1C2.OCCOCCO. The Hall–Kier alpha value is -0.380. The van der Waals surface area contributed by atoms with E-state index in [0.29, 0.717) is 13.2 Å². The van der Waals surface area contributed by atoms with Crippen LogP contribution in [0.25, 0.3) is 0 Å². The lowest BCUT2D eigenvalue weighted by Crippen LogP contribution is -2.03.